The van der Waals surface area contributed by atoms with Crippen molar-refractivity contribution in [2.24, 2.45) is 5.92 Å². The molecule has 1 aliphatic carbocycles. The number of nitrogens with zero attached hydrogens (tertiary/aromatic N) is 2. The quantitative estimate of drug-likeness (QED) is 0.746. The van der Waals surface area contributed by atoms with Crippen molar-refractivity contribution < 1.29 is 0 Å². The lowest BCUT2D eigenvalue weighted by Crippen LogP contribution is -2.07. The van der Waals surface area contributed by atoms with Gasteiger partial charge < -0.3 is 10.6 Å². The van der Waals surface area contributed by atoms with Crippen LogP contribution in [0.4, 0.5) is 11.6 Å². The highest BCUT2D eigenvalue weighted by molar-refractivity contribution is 5.41. The van der Waals surface area contributed by atoms with Crippen LogP contribution in [0.2, 0.25) is 0 Å². The van der Waals surface area contributed by atoms with E-state index in [4.69, 9.17) is 0 Å². The minimum atomic E-state index is 0.841. The van der Waals surface area contributed by atoms with Gasteiger partial charge in [-0.3, -0.25) is 4.98 Å². The van der Waals surface area contributed by atoms with Crippen LogP contribution in [0.25, 0.3) is 0 Å². The molecule has 0 aromatic carbocycles. The molecular weight excluding hydrogens is 176 g/mol. The fourth-order valence-corrected chi connectivity index (χ4v) is 1.29. The van der Waals surface area contributed by atoms with Gasteiger partial charge in [0, 0.05) is 13.1 Å². The molecule has 2 N–H and O–H groups in total. The highest BCUT2D eigenvalue weighted by atomic mass is 15.1. The monoisotopic (exact) mass is 192 g/mol. The van der Waals surface area contributed by atoms with E-state index in [2.05, 4.69) is 20.6 Å². The molecule has 1 fully saturated rings. The molecule has 0 saturated heterocycles. The summed E-state index contributed by atoms with van der Waals surface area (Å²) in [6.07, 6.45) is 6.22. The molecular formula is C10H16N4. The number of rotatable bonds is 5. The van der Waals surface area contributed by atoms with E-state index < -0.39 is 0 Å². The van der Waals surface area contributed by atoms with Gasteiger partial charge in [-0.2, -0.15) is 0 Å². The second kappa shape index (κ2) is 4.26. The predicted octanol–water partition coefficient (Wildman–Crippen LogP) is 1.73. The third-order valence-corrected chi connectivity index (χ3v) is 2.26. The first kappa shape index (κ1) is 9.24. The van der Waals surface area contributed by atoms with E-state index in [0.717, 1.165) is 30.6 Å². The Kier molecular flexibility index (Phi) is 2.81. The molecule has 14 heavy (non-hydrogen) atoms. The average molecular weight is 192 g/mol. The summed E-state index contributed by atoms with van der Waals surface area (Å²) in [7, 11) is 0. The zero-order valence-electron chi connectivity index (χ0n) is 8.45. The minimum absolute atomic E-state index is 0.841. The Morgan fingerprint density at radius 1 is 1.29 bits per heavy atom. The third-order valence-electron chi connectivity index (χ3n) is 2.26. The summed E-state index contributed by atoms with van der Waals surface area (Å²) in [6, 6.07) is 0. The first-order valence-corrected chi connectivity index (χ1v) is 5.18. The van der Waals surface area contributed by atoms with Gasteiger partial charge >= 0.3 is 0 Å². The summed E-state index contributed by atoms with van der Waals surface area (Å²) in [5, 5.41) is 6.43. The molecule has 1 aliphatic rings. The Bertz CT molecular complexity index is 296. The molecule has 0 atom stereocenters. The van der Waals surface area contributed by atoms with Crippen molar-refractivity contribution in [3.05, 3.63) is 12.4 Å². The lowest BCUT2D eigenvalue weighted by atomic mass is 10.4. The van der Waals surface area contributed by atoms with Gasteiger partial charge in [-0.25, -0.2) is 4.98 Å². The molecule has 0 bridgehead atoms. The maximum Gasteiger partial charge on any atom is 0.146 e. The van der Waals surface area contributed by atoms with Gasteiger partial charge in [-0.1, -0.05) is 0 Å². The topological polar surface area (TPSA) is 49.8 Å². The Morgan fingerprint density at radius 2 is 2.00 bits per heavy atom. The highest BCUT2D eigenvalue weighted by Crippen LogP contribution is 2.28. The van der Waals surface area contributed by atoms with Crippen molar-refractivity contribution in [3.8, 4) is 0 Å². The lowest BCUT2D eigenvalue weighted by Gasteiger charge is -2.06. The van der Waals surface area contributed by atoms with Crippen LogP contribution in [0.15, 0.2) is 12.4 Å². The van der Waals surface area contributed by atoms with Crippen LogP contribution in [-0.4, -0.2) is 23.1 Å². The molecule has 1 heterocycles. The Hall–Kier alpha value is -1.32. The number of aromatic nitrogens is 2. The van der Waals surface area contributed by atoms with Gasteiger partial charge in [-0.15, -0.1) is 0 Å². The minimum Gasteiger partial charge on any atom is -0.369 e. The normalized spacial score (nSPS) is 15.2. The molecule has 0 aliphatic heterocycles. The van der Waals surface area contributed by atoms with E-state index in [1.54, 1.807) is 12.4 Å². The standard InChI is InChI=1S/C10H16N4/c1-2-12-9-6-11-7-10(14-9)13-5-8-3-4-8/h6-8H,2-5H2,1H3,(H2,12,13,14). The van der Waals surface area contributed by atoms with Gasteiger partial charge in [0.2, 0.25) is 0 Å². The van der Waals surface area contributed by atoms with Crippen molar-refractivity contribution in [1.29, 1.82) is 0 Å². The van der Waals surface area contributed by atoms with Gasteiger partial charge in [0.05, 0.1) is 12.4 Å². The van der Waals surface area contributed by atoms with Crippen molar-refractivity contribution in [2.45, 2.75) is 19.8 Å². The van der Waals surface area contributed by atoms with E-state index in [1.165, 1.54) is 12.8 Å². The molecule has 1 saturated carbocycles. The molecule has 0 radical (unpaired) electrons. The second-order valence-corrected chi connectivity index (χ2v) is 3.64. The van der Waals surface area contributed by atoms with Crippen LogP contribution in [-0.2, 0) is 0 Å². The van der Waals surface area contributed by atoms with Gasteiger partial charge in [0.15, 0.2) is 0 Å². The van der Waals surface area contributed by atoms with Crippen molar-refractivity contribution in [2.75, 3.05) is 23.7 Å². The molecule has 0 unspecified atom stereocenters. The van der Waals surface area contributed by atoms with Crippen molar-refractivity contribution in [3.63, 3.8) is 0 Å². The van der Waals surface area contributed by atoms with Crippen molar-refractivity contribution in [1.82, 2.24) is 9.97 Å². The molecule has 76 valence electrons. The van der Waals surface area contributed by atoms with E-state index in [-0.39, 0.29) is 0 Å². The summed E-state index contributed by atoms with van der Waals surface area (Å²) in [6.45, 7) is 3.96. The van der Waals surface area contributed by atoms with Crippen LogP contribution < -0.4 is 10.6 Å². The summed E-state index contributed by atoms with van der Waals surface area (Å²) in [4.78, 5) is 8.49. The summed E-state index contributed by atoms with van der Waals surface area (Å²) in [5.74, 6) is 2.57. The summed E-state index contributed by atoms with van der Waals surface area (Å²) < 4.78 is 0. The Labute approximate surface area is 84.2 Å². The zero-order valence-corrected chi connectivity index (χ0v) is 8.45. The maximum atomic E-state index is 4.38. The SMILES string of the molecule is CCNc1cncc(NCC2CC2)n1. The number of nitrogens with one attached hydrogen (secondary N) is 2. The first-order valence-electron chi connectivity index (χ1n) is 5.18. The van der Waals surface area contributed by atoms with Crippen LogP contribution in [0.3, 0.4) is 0 Å². The van der Waals surface area contributed by atoms with E-state index in [1.807, 2.05) is 6.92 Å². The van der Waals surface area contributed by atoms with E-state index in [9.17, 15) is 0 Å². The molecule has 2 rings (SSSR count). The lowest BCUT2D eigenvalue weighted by molar-refractivity contribution is 0.880. The largest absolute Gasteiger partial charge is 0.369 e. The van der Waals surface area contributed by atoms with Crippen LogP contribution >= 0.6 is 0 Å². The van der Waals surface area contributed by atoms with Gasteiger partial charge in [-0.05, 0) is 25.7 Å². The number of anilines is 2. The van der Waals surface area contributed by atoms with E-state index in [0.29, 0.717) is 0 Å². The summed E-state index contributed by atoms with van der Waals surface area (Å²) >= 11 is 0. The van der Waals surface area contributed by atoms with Crippen LogP contribution in [0.1, 0.15) is 19.8 Å². The molecule has 4 nitrogen and oxygen atoms in total. The molecule has 1 aromatic rings. The Balaban J connectivity index is 1.90. The van der Waals surface area contributed by atoms with Gasteiger partial charge in [0.1, 0.15) is 11.6 Å². The molecule has 4 heteroatoms. The third kappa shape index (κ3) is 2.58. The van der Waals surface area contributed by atoms with Gasteiger partial charge in [0.25, 0.3) is 0 Å². The second-order valence-electron chi connectivity index (χ2n) is 3.64. The number of hydrogen-bond acceptors (Lipinski definition) is 4. The van der Waals surface area contributed by atoms with Crippen molar-refractivity contribution >= 4 is 11.6 Å². The molecule has 0 spiro atoms. The van der Waals surface area contributed by atoms with Crippen LogP contribution in [0.5, 0.6) is 0 Å². The smallest absolute Gasteiger partial charge is 0.146 e. The predicted molar refractivity (Wildman–Crippen MR) is 57.4 cm³/mol. The molecule has 0 amide bonds. The van der Waals surface area contributed by atoms with E-state index >= 15 is 0 Å². The fraction of sp³-hybridized carbons (Fsp3) is 0.600. The van der Waals surface area contributed by atoms with Crippen LogP contribution in [0, 0.1) is 5.92 Å². The first-order chi connectivity index (χ1) is 6.88. The Morgan fingerprint density at radius 3 is 2.64 bits per heavy atom. The highest BCUT2D eigenvalue weighted by Gasteiger charge is 2.20. The zero-order chi connectivity index (χ0) is 9.80. The summed E-state index contributed by atoms with van der Waals surface area (Å²) in [5.41, 5.74) is 0. The average Bonchev–Trinajstić information content (AvgIpc) is 2.99. The number of hydrogen-bond donors (Lipinski definition) is 2. The fourth-order valence-electron chi connectivity index (χ4n) is 1.29. The molecule has 1 aromatic heterocycles. The maximum absolute atomic E-state index is 4.38.